The molecule has 1 aromatic rings. The first-order valence-electron chi connectivity index (χ1n) is 8.71. The van der Waals surface area contributed by atoms with E-state index in [1.807, 2.05) is 19.3 Å². The molecule has 1 spiro atoms. The molecule has 7 heteroatoms. The standard InChI is InChI=1S/C17H27N5O2/c1-13-9-19-15(20-10-13)22-7-5-17(6-8-22)4-3-14(24-12-17)11-21-16(23)18-2/h9-10,14H,3-8,11-12H2,1-2H3,(H2,18,21,23)/t14-/m0/s1. The van der Waals surface area contributed by atoms with Crippen LogP contribution in [-0.4, -0.2) is 55.4 Å². The Bertz CT molecular complexity index is 545. The molecular formula is C17H27N5O2. The molecule has 2 N–H and O–H groups in total. The summed E-state index contributed by atoms with van der Waals surface area (Å²) in [6, 6.07) is -0.148. The summed E-state index contributed by atoms with van der Waals surface area (Å²) in [5, 5.41) is 5.39. The van der Waals surface area contributed by atoms with E-state index in [9.17, 15) is 4.79 Å². The molecule has 0 saturated carbocycles. The number of carbonyl (C=O) groups excluding carboxylic acids is 1. The van der Waals surface area contributed by atoms with E-state index in [0.717, 1.165) is 56.9 Å². The van der Waals surface area contributed by atoms with Crippen LogP contribution in [0.25, 0.3) is 0 Å². The lowest BCUT2D eigenvalue weighted by Crippen LogP contribution is -2.48. The summed E-state index contributed by atoms with van der Waals surface area (Å²) < 4.78 is 6.03. The zero-order valence-electron chi connectivity index (χ0n) is 14.5. The molecule has 2 aliphatic rings. The van der Waals surface area contributed by atoms with Gasteiger partial charge in [0.05, 0.1) is 12.7 Å². The van der Waals surface area contributed by atoms with Gasteiger partial charge in [-0.3, -0.25) is 0 Å². The summed E-state index contributed by atoms with van der Waals surface area (Å²) in [6.07, 6.45) is 8.27. The van der Waals surface area contributed by atoms with Gasteiger partial charge in [0.25, 0.3) is 0 Å². The first-order valence-corrected chi connectivity index (χ1v) is 8.71. The molecule has 24 heavy (non-hydrogen) atoms. The molecule has 7 nitrogen and oxygen atoms in total. The van der Waals surface area contributed by atoms with Crippen molar-refractivity contribution < 1.29 is 9.53 Å². The van der Waals surface area contributed by atoms with Gasteiger partial charge in [-0.25, -0.2) is 14.8 Å². The summed E-state index contributed by atoms with van der Waals surface area (Å²) in [5.74, 6) is 0.833. The molecule has 1 aromatic heterocycles. The molecular weight excluding hydrogens is 306 g/mol. The maximum atomic E-state index is 11.2. The third-order valence-electron chi connectivity index (χ3n) is 5.21. The van der Waals surface area contributed by atoms with Gasteiger partial charge in [-0.2, -0.15) is 0 Å². The van der Waals surface area contributed by atoms with E-state index in [0.29, 0.717) is 6.54 Å². The molecule has 2 aliphatic heterocycles. The predicted molar refractivity (Wildman–Crippen MR) is 92.1 cm³/mol. The Balaban J connectivity index is 1.46. The minimum atomic E-state index is -0.148. The van der Waals surface area contributed by atoms with Gasteiger partial charge in [0.15, 0.2) is 0 Å². The van der Waals surface area contributed by atoms with Crippen LogP contribution in [0.2, 0.25) is 0 Å². The number of carbonyl (C=O) groups is 1. The molecule has 0 unspecified atom stereocenters. The number of hydrogen-bond donors (Lipinski definition) is 2. The third kappa shape index (κ3) is 3.95. The normalized spacial score (nSPS) is 23.1. The molecule has 0 radical (unpaired) electrons. The molecule has 2 saturated heterocycles. The Morgan fingerprint density at radius 1 is 1.33 bits per heavy atom. The summed E-state index contributed by atoms with van der Waals surface area (Å²) >= 11 is 0. The molecule has 3 rings (SSSR count). The average Bonchev–Trinajstić information content (AvgIpc) is 2.62. The van der Waals surface area contributed by atoms with Crippen LogP contribution in [0.4, 0.5) is 10.7 Å². The lowest BCUT2D eigenvalue weighted by molar-refractivity contribution is -0.0697. The van der Waals surface area contributed by atoms with Crippen LogP contribution in [0.5, 0.6) is 0 Å². The largest absolute Gasteiger partial charge is 0.376 e. The number of ether oxygens (including phenoxy) is 1. The summed E-state index contributed by atoms with van der Waals surface area (Å²) in [5.41, 5.74) is 1.37. The monoisotopic (exact) mass is 333 g/mol. The van der Waals surface area contributed by atoms with Crippen LogP contribution in [-0.2, 0) is 4.74 Å². The zero-order valence-corrected chi connectivity index (χ0v) is 14.5. The van der Waals surface area contributed by atoms with Crippen molar-refractivity contribution in [2.24, 2.45) is 5.41 Å². The van der Waals surface area contributed by atoms with Crippen molar-refractivity contribution in [1.82, 2.24) is 20.6 Å². The number of amides is 2. The summed E-state index contributed by atoms with van der Waals surface area (Å²) in [6.45, 7) is 5.33. The Labute approximate surface area is 143 Å². The molecule has 0 aliphatic carbocycles. The van der Waals surface area contributed by atoms with E-state index in [1.165, 1.54) is 0 Å². The van der Waals surface area contributed by atoms with Crippen LogP contribution in [0.15, 0.2) is 12.4 Å². The van der Waals surface area contributed by atoms with E-state index >= 15 is 0 Å². The van der Waals surface area contributed by atoms with Crippen molar-refractivity contribution in [3.8, 4) is 0 Å². The lowest BCUT2D eigenvalue weighted by Gasteiger charge is -2.45. The Kier molecular flexibility index (Phi) is 5.18. The van der Waals surface area contributed by atoms with Crippen molar-refractivity contribution in [2.75, 3.05) is 38.2 Å². The highest BCUT2D eigenvalue weighted by atomic mass is 16.5. The van der Waals surface area contributed by atoms with E-state index in [2.05, 4.69) is 25.5 Å². The Hall–Kier alpha value is -1.89. The van der Waals surface area contributed by atoms with E-state index in [-0.39, 0.29) is 17.6 Å². The van der Waals surface area contributed by atoms with Crippen LogP contribution >= 0.6 is 0 Å². The number of aryl methyl sites for hydroxylation is 1. The second kappa shape index (κ2) is 7.34. The molecule has 2 amide bonds. The maximum absolute atomic E-state index is 11.2. The lowest BCUT2D eigenvalue weighted by atomic mass is 9.73. The van der Waals surface area contributed by atoms with E-state index in [1.54, 1.807) is 7.05 Å². The highest BCUT2D eigenvalue weighted by molar-refractivity contribution is 5.73. The molecule has 2 fully saturated rings. The molecule has 132 valence electrons. The van der Waals surface area contributed by atoms with Crippen molar-refractivity contribution >= 4 is 12.0 Å². The maximum Gasteiger partial charge on any atom is 0.314 e. The van der Waals surface area contributed by atoms with Gasteiger partial charge in [0.2, 0.25) is 5.95 Å². The number of hydrogen-bond acceptors (Lipinski definition) is 5. The van der Waals surface area contributed by atoms with E-state index in [4.69, 9.17) is 4.74 Å². The number of anilines is 1. The zero-order chi connectivity index (χ0) is 17.0. The van der Waals surface area contributed by atoms with Gasteiger partial charge >= 0.3 is 6.03 Å². The highest BCUT2D eigenvalue weighted by Gasteiger charge is 2.39. The van der Waals surface area contributed by atoms with Crippen LogP contribution in [0.3, 0.4) is 0 Å². The van der Waals surface area contributed by atoms with Gasteiger partial charge in [-0.1, -0.05) is 0 Å². The van der Waals surface area contributed by atoms with Crippen LogP contribution in [0.1, 0.15) is 31.2 Å². The van der Waals surface area contributed by atoms with Gasteiger partial charge in [-0.15, -0.1) is 0 Å². The van der Waals surface area contributed by atoms with Crippen molar-refractivity contribution in [1.29, 1.82) is 0 Å². The second-order valence-corrected chi connectivity index (χ2v) is 6.98. The number of piperidine rings is 1. The number of rotatable bonds is 3. The fraction of sp³-hybridized carbons (Fsp3) is 0.706. The number of nitrogens with one attached hydrogen (secondary N) is 2. The topological polar surface area (TPSA) is 79.4 Å². The summed E-state index contributed by atoms with van der Waals surface area (Å²) in [7, 11) is 1.62. The number of aromatic nitrogens is 2. The third-order valence-corrected chi connectivity index (χ3v) is 5.21. The fourth-order valence-electron chi connectivity index (χ4n) is 3.50. The van der Waals surface area contributed by atoms with Gasteiger partial charge < -0.3 is 20.3 Å². The second-order valence-electron chi connectivity index (χ2n) is 6.98. The van der Waals surface area contributed by atoms with Crippen molar-refractivity contribution in [3.05, 3.63) is 18.0 Å². The number of urea groups is 1. The quantitative estimate of drug-likeness (QED) is 0.876. The van der Waals surface area contributed by atoms with Crippen LogP contribution < -0.4 is 15.5 Å². The molecule has 0 bridgehead atoms. The van der Waals surface area contributed by atoms with E-state index < -0.39 is 0 Å². The fourth-order valence-corrected chi connectivity index (χ4v) is 3.50. The predicted octanol–water partition coefficient (Wildman–Crippen LogP) is 1.48. The van der Waals surface area contributed by atoms with Gasteiger partial charge in [0.1, 0.15) is 0 Å². The van der Waals surface area contributed by atoms with Crippen LogP contribution in [0, 0.1) is 12.3 Å². The SMILES string of the molecule is CNC(=O)NC[C@@H]1CCC2(CCN(c3ncc(C)cn3)CC2)CO1. The van der Waals surface area contributed by atoms with Crippen molar-refractivity contribution in [3.63, 3.8) is 0 Å². The first kappa shape index (κ1) is 17.0. The van der Waals surface area contributed by atoms with Crippen molar-refractivity contribution in [2.45, 2.75) is 38.7 Å². The first-order chi connectivity index (χ1) is 11.6. The van der Waals surface area contributed by atoms with Gasteiger partial charge in [0, 0.05) is 39.1 Å². The molecule has 3 heterocycles. The highest BCUT2D eigenvalue weighted by Crippen LogP contribution is 2.40. The minimum absolute atomic E-state index is 0.131. The Morgan fingerprint density at radius 2 is 2.04 bits per heavy atom. The van der Waals surface area contributed by atoms with Gasteiger partial charge in [-0.05, 0) is 43.6 Å². The minimum Gasteiger partial charge on any atom is -0.376 e. The smallest absolute Gasteiger partial charge is 0.314 e. The molecule has 1 atom stereocenters. The summed E-state index contributed by atoms with van der Waals surface area (Å²) in [4.78, 5) is 22.4. The Morgan fingerprint density at radius 3 is 2.62 bits per heavy atom. The molecule has 0 aromatic carbocycles. The number of nitrogens with zero attached hydrogens (tertiary/aromatic N) is 3. The average molecular weight is 333 g/mol.